The Labute approximate surface area is 125 Å². The van der Waals surface area contributed by atoms with Crippen molar-refractivity contribution in [1.29, 1.82) is 0 Å². The van der Waals surface area contributed by atoms with Crippen molar-refractivity contribution in [2.75, 3.05) is 13.2 Å². The molecule has 114 valence electrons. The van der Waals surface area contributed by atoms with E-state index in [0.29, 0.717) is 5.41 Å². The van der Waals surface area contributed by atoms with E-state index in [1.807, 2.05) is 0 Å². The number of rotatable bonds is 12. The maximum Gasteiger partial charge on any atom is 0.0466 e. The fourth-order valence-electron chi connectivity index (χ4n) is 2.96. The summed E-state index contributed by atoms with van der Waals surface area (Å²) in [5.41, 5.74) is 1.05. The Hall–Kier alpha value is -0.480. The molecule has 0 aliphatic heterocycles. The van der Waals surface area contributed by atoms with E-state index in [9.17, 15) is 0 Å². The van der Waals surface area contributed by atoms with Crippen LogP contribution in [0.3, 0.4) is 0 Å². The zero-order valence-corrected chi connectivity index (χ0v) is 13.4. The van der Waals surface area contributed by atoms with Crippen LogP contribution in [0.5, 0.6) is 0 Å². The molecule has 2 rings (SSSR count). The van der Waals surface area contributed by atoms with Gasteiger partial charge in [-0.05, 0) is 56.8 Å². The minimum Gasteiger partial charge on any atom is -0.381 e. The molecule has 20 heavy (non-hydrogen) atoms. The second-order valence-corrected chi connectivity index (χ2v) is 7.47. The van der Waals surface area contributed by atoms with Gasteiger partial charge in [-0.1, -0.05) is 38.5 Å². The fraction of sp³-hybridized carbons (Fsp3) is 0.895. The van der Waals surface area contributed by atoms with Gasteiger partial charge < -0.3 is 4.74 Å². The molecule has 0 bridgehead atoms. The third-order valence-corrected chi connectivity index (χ3v) is 5.28. The summed E-state index contributed by atoms with van der Waals surface area (Å²) in [6.45, 7) is 4.33. The van der Waals surface area contributed by atoms with Crippen LogP contribution >= 0.6 is 0 Å². The summed E-state index contributed by atoms with van der Waals surface area (Å²) in [7, 11) is 0. The van der Waals surface area contributed by atoms with Crippen LogP contribution < -0.4 is 0 Å². The minimum absolute atomic E-state index is 0.319. The van der Waals surface area contributed by atoms with Crippen LogP contribution in [0.2, 0.25) is 0 Å². The van der Waals surface area contributed by atoms with Crippen LogP contribution in [-0.4, -0.2) is 13.2 Å². The molecule has 0 aromatic heterocycles. The second-order valence-electron chi connectivity index (χ2n) is 7.47. The van der Waals surface area contributed by atoms with Crippen molar-refractivity contribution < 1.29 is 4.74 Å². The van der Waals surface area contributed by atoms with Gasteiger partial charge in [-0.15, -0.1) is 6.42 Å². The van der Waals surface area contributed by atoms with Crippen LogP contribution in [0.15, 0.2) is 0 Å². The Morgan fingerprint density at radius 1 is 0.850 bits per heavy atom. The maximum atomic E-state index is 5.72. The quantitative estimate of drug-likeness (QED) is 0.345. The van der Waals surface area contributed by atoms with Gasteiger partial charge in [0.1, 0.15) is 0 Å². The van der Waals surface area contributed by atoms with Gasteiger partial charge in [-0.3, -0.25) is 0 Å². The van der Waals surface area contributed by atoms with Crippen LogP contribution in [0, 0.1) is 23.2 Å². The van der Waals surface area contributed by atoms with E-state index in [2.05, 4.69) is 12.8 Å². The van der Waals surface area contributed by atoms with E-state index in [-0.39, 0.29) is 0 Å². The molecule has 0 N–H and O–H groups in total. The first-order valence-electron chi connectivity index (χ1n) is 8.74. The van der Waals surface area contributed by atoms with Gasteiger partial charge in [-0.2, -0.15) is 0 Å². The van der Waals surface area contributed by atoms with Crippen molar-refractivity contribution in [1.82, 2.24) is 0 Å². The third-order valence-electron chi connectivity index (χ3n) is 5.28. The number of ether oxygens (including phenoxy) is 1. The standard InChI is InChI=1S/C19H32O/c1-3-19(14-15-19)11-7-5-9-17-20-16-8-4-6-10-18(2)12-13-18/h1H,4-17H2,2H3. The second kappa shape index (κ2) is 7.51. The molecule has 0 heterocycles. The molecule has 2 aliphatic rings. The fourth-order valence-corrected chi connectivity index (χ4v) is 2.96. The lowest BCUT2D eigenvalue weighted by Gasteiger charge is -2.08. The largest absolute Gasteiger partial charge is 0.381 e. The summed E-state index contributed by atoms with van der Waals surface area (Å²) in [5.74, 6) is 2.97. The third kappa shape index (κ3) is 5.88. The van der Waals surface area contributed by atoms with Crippen LogP contribution in [0.1, 0.15) is 84.0 Å². The molecular weight excluding hydrogens is 244 g/mol. The van der Waals surface area contributed by atoms with Gasteiger partial charge >= 0.3 is 0 Å². The van der Waals surface area contributed by atoms with Crippen molar-refractivity contribution in [3.8, 4) is 12.3 Å². The number of hydrogen-bond donors (Lipinski definition) is 0. The Bertz CT molecular complexity index is 317. The van der Waals surface area contributed by atoms with Gasteiger partial charge in [0.05, 0.1) is 0 Å². The summed E-state index contributed by atoms with van der Waals surface area (Å²) in [5, 5.41) is 0. The highest BCUT2D eigenvalue weighted by molar-refractivity contribution is 5.14. The summed E-state index contributed by atoms with van der Waals surface area (Å²) in [4.78, 5) is 0. The van der Waals surface area contributed by atoms with Crippen molar-refractivity contribution in [3.05, 3.63) is 0 Å². The highest BCUT2D eigenvalue weighted by atomic mass is 16.5. The molecule has 2 saturated carbocycles. The summed E-state index contributed by atoms with van der Waals surface area (Å²) >= 11 is 0. The van der Waals surface area contributed by atoms with Gasteiger partial charge in [0.25, 0.3) is 0 Å². The first-order chi connectivity index (χ1) is 9.68. The average Bonchev–Trinajstić information content (AvgIpc) is 3.35. The van der Waals surface area contributed by atoms with Gasteiger partial charge in [0, 0.05) is 18.6 Å². The minimum atomic E-state index is 0.319. The molecule has 1 nitrogen and oxygen atoms in total. The first kappa shape index (κ1) is 15.9. The van der Waals surface area contributed by atoms with Crippen LogP contribution in [0.25, 0.3) is 0 Å². The van der Waals surface area contributed by atoms with Crippen molar-refractivity contribution in [3.63, 3.8) is 0 Å². The molecule has 0 atom stereocenters. The monoisotopic (exact) mass is 276 g/mol. The highest BCUT2D eigenvalue weighted by Gasteiger charge is 2.39. The molecular formula is C19H32O. The van der Waals surface area contributed by atoms with E-state index in [0.717, 1.165) is 18.6 Å². The Kier molecular flexibility index (Phi) is 5.97. The highest BCUT2D eigenvalue weighted by Crippen LogP contribution is 2.49. The van der Waals surface area contributed by atoms with Crippen LogP contribution in [-0.2, 0) is 4.74 Å². The zero-order chi connectivity index (χ0) is 14.3. The topological polar surface area (TPSA) is 9.23 Å². The number of unbranched alkanes of at least 4 members (excludes halogenated alkanes) is 4. The zero-order valence-electron chi connectivity index (χ0n) is 13.4. The van der Waals surface area contributed by atoms with Gasteiger partial charge in [-0.25, -0.2) is 0 Å². The molecule has 2 fully saturated rings. The summed E-state index contributed by atoms with van der Waals surface area (Å²) < 4.78 is 5.72. The Morgan fingerprint density at radius 2 is 1.45 bits per heavy atom. The van der Waals surface area contributed by atoms with Gasteiger partial charge in [0.15, 0.2) is 0 Å². The molecule has 0 spiro atoms. The maximum absolute atomic E-state index is 5.72. The molecule has 0 aromatic rings. The smallest absolute Gasteiger partial charge is 0.0466 e. The van der Waals surface area contributed by atoms with E-state index < -0.39 is 0 Å². The molecule has 2 aliphatic carbocycles. The van der Waals surface area contributed by atoms with Crippen molar-refractivity contribution >= 4 is 0 Å². The molecule has 0 aromatic carbocycles. The lowest BCUT2D eigenvalue weighted by atomic mass is 10.00. The molecule has 0 amide bonds. The predicted molar refractivity (Wildman–Crippen MR) is 85.6 cm³/mol. The molecule has 0 saturated heterocycles. The predicted octanol–water partition coefficient (Wildman–Crippen LogP) is 5.34. The molecule has 1 heteroatoms. The SMILES string of the molecule is C#CC1(CCCCCOCCCCCC2(C)CC2)CC1. The normalized spacial score (nSPS) is 21.4. The van der Waals surface area contributed by atoms with E-state index >= 15 is 0 Å². The van der Waals surface area contributed by atoms with Crippen LogP contribution in [0.4, 0.5) is 0 Å². The summed E-state index contributed by atoms with van der Waals surface area (Å²) in [6.07, 6.45) is 21.4. The number of terminal acetylenes is 1. The Balaban J connectivity index is 1.28. The van der Waals surface area contributed by atoms with Gasteiger partial charge in [0.2, 0.25) is 0 Å². The first-order valence-corrected chi connectivity index (χ1v) is 8.74. The van der Waals surface area contributed by atoms with E-state index in [1.165, 1.54) is 77.0 Å². The Morgan fingerprint density at radius 3 is 1.95 bits per heavy atom. The van der Waals surface area contributed by atoms with E-state index in [1.54, 1.807) is 0 Å². The number of hydrogen-bond acceptors (Lipinski definition) is 1. The lowest BCUT2D eigenvalue weighted by molar-refractivity contribution is 0.125. The molecule has 0 unspecified atom stereocenters. The summed E-state index contributed by atoms with van der Waals surface area (Å²) in [6, 6.07) is 0. The van der Waals surface area contributed by atoms with Crippen molar-refractivity contribution in [2.24, 2.45) is 10.8 Å². The lowest BCUT2D eigenvalue weighted by Crippen LogP contribution is -2.00. The van der Waals surface area contributed by atoms with E-state index in [4.69, 9.17) is 11.2 Å². The van der Waals surface area contributed by atoms with Crippen molar-refractivity contribution in [2.45, 2.75) is 84.0 Å². The average molecular weight is 276 g/mol. The molecule has 0 radical (unpaired) electrons.